The van der Waals surface area contributed by atoms with Crippen LogP contribution in [-0.2, 0) is 6.42 Å². The predicted octanol–water partition coefficient (Wildman–Crippen LogP) is 4.84. The molecule has 2 aromatic carbocycles. The Hall–Kier alpha value is -1.97. The standard InChI is InChI=1S/C17H14Cl2N2O/c18-12-3-1-2-11(8-12)6-7-20-10-15-14-5-4-13(19)9-16(14)21-17(15)22/h1-5,8-10,21-22H,6-7H2. The van der Waals surface area contributed by atoms with Crippen molar-refractivity contribution in [1.29, 1.82) is 0 Å². The normalized spacial score (nSPS) is 11.5. The summed E-state index contributed by atoms with van der Waals surface area (Å²) < 4.78 is 0. The summed E-state index contributed by atoms with van der Waals surface area (Å²) in [6, 6.07) is 13.2. The summed E-state index contributed by atoms with van der Waals surface area (Å²) >= 11 is 11.9. The summed E-state index contributed by atoms with van der Waals surface area (Å²) in [5.74, 6) is 0.101. The van der Waals surface area contributed by atoms with Crippen LogP contribution in [0.1, 0.15) is 11.1 Å². The van der Waals surface area contributed by atoms with E-state index >= 15 is 0 Å². The molecule has 1 aromatic heterocycles. The Kier molecular flexibility index (Phi) is 4.36. The SMILES string of the molecule is Oc1[nH]c2cc(Cl)ccc2c1C=NCCc1cccc(Cl)c1. The van der Waals surface area contributed by atoms with Gasteiger partial charge < -0.3 is 10.1 Å². The van der Waals surface area contributed by atoms with Crippen molar-refractivity contribution in [3.05, 3.63) is 63.6 Å². The van der Waals surface area contributed by atoms with Gasteiger partial charge in [0.2, 0.25) is 0 Å². The highest BCUT2D eigenvalue weighted by Crippen LogP contribution is 2.27. The number of hydrogen-bond acceptors (Lipinski definition) is 2. The van der Waals surface area contributed by atoms with E-state index in [4.69, 9.17) is 23.2 Å². The molecule has 112 valence electrons. The van der Waals surface area contributed by atoms with Crippen molar-refractivity contribution in [2.24, 2.45) is 4.99 Å². The molecule has 0 fully saturated rings. The number of fused-ring (bicyclic) bond motifs is 1. The van der Waals surface area contributed by atoms with Crippen LogP contribution in [-0.4, -0.2) is 22.8 Å². The largest absolute Gasteiger partial charge is 0.494 e. The second-order valence-electron chi connectivity index (χ2n) is 4.99. The molecule has 3 nitrogen and oxygen atoms in total. The molecule has 2 N–H and O–H groups in total. The first-order chi connectivity index (χ1) is 10.6. The maximum Gasteiger partial charge on any atom is 0.198 e. The van der Waals surface area contributed by atoms with Crippen LogP contribution in [0.3, 0.4) is 0 Å². The van der Waals surface area contributed by atoms with E-state index in [0.717, 1.165) is 27.9 Å². The van der Waals surface area contributed by atoms with Gasteiger partial charge in [-0.2, -0.15) is 0 Å². The van der Waals surface area contributed by atoms with Crippen molar-refractivity contribution in [1.82, 2.24) is 4.98 Å². The summed E-state index contributed by atoms with van der Waals surface area (Å²) in [5.41, 5.74) is 2.61. The first kappa shape index (κ1) is 14.9. The molecular formula is C17H14Cl2N2O. The van der Waals surface area contributed by atoms with Crippen LogP contribution in [0.25, 0.3) is 10.9 Å². The number of aromatic nitrogens is 1. The number of hydrogen-bond donors (Lipinski definition) is 2. The van der Waals surface area contributed by atoms with Gasteiger partial charge >= 0.3 is 0 Å². The topological polar surface area (TPSA) is 48.4 Å². The second-order valence-corrected chi connectivity index (χ2v) is 5.87. The van der Waals surface area contributed by atoms with E-state index < -0.39 is 0 Å². The van der Waals surface area contributed by atoms with Gasteiger partial charge in [-0.25, -0.2) is 0 Å². The fourth-order valence-electron chi connectivity index (χ4n) is 2.35. The Balaban J connectivity index is 1.74. The Labute approximate surface area is 138 Å². The zero-order valence-corrected chi connectivity index (χ0v) is 13.2. The van der Waals surface area contributed by atoms with Crippen LogP contribution in [0, 0.1) is 0 Å². The quantitative estimate of drug-likeness (QED) is 0.659. The highest BCUT2D eigenvalue weighted by atomic mass is 35.5. The number of aromatic amines is 1. The van der Waals surface area contributed by atoms with Crippen LogP contribution in [0.5, 0.6) is 5.88 Å². The Morgan fingerprint density at radius 3 is 2.73 bits per heavy atom. The van der Waals surface area contributed by atoms with Crippen molar-refractivity contribution < 1.29 is 5.11 Å². The van der Waals surface area contributed by atoms with Gasteiger partial charge in [0.1, 0.15) is 0 Å². The third-order valence-electron chi connectivity index (χ3n) is 3.42. The summed E-state index contributed by atoms with van der Waals surface area (Å²) in [6.07, 6.45) is 2.48. The van der Waals surface area contributed by atoms with Crippen LogP contribution in [0.4, 0.5) is 0 Å². The van der Waals surface area contributed by atoms with E-state index in [1.54, 1.807) is 18.3 Å². The summed E-state index contributed by atoms with van der Waals surface area (Å²) in [5, 5.41) is 12.2. The number of halogens is 2. The van der Waals surface area contributed by atoms with Crippen molar-refractivity contribution in [2.45, 2.75) is 6.42 Å². The maximum atomic E-state index is 9.97. The average molecular weight is 333 g/mol. The molecule has 0 saturated carbocycles. The van der Waals surface area contributed by atoms with Gasteiger partial charge in [0, 0.05) is 28.2 Å². The molecule has 0 amide bonds. The van der Waals surface area contributed by atoms with Crippen molar-refractivity contribution in [2.75, 3.05) is 6.54 Å². The predicted molar refractivity (Wildman–Crippen MR) is 92.6 cm³/mol. The molecule has 0 aliphatic heterocycles. The second kappa shape index (κ2) is 6.42. The molecule has 22 heavy (non-hydrogen) atoms. The molecule has 0 aliphatic rings. The third-order valence-corrected chi connectivity index (χ3v) is 3.89. The highest BCUT2D eigenvalue weighted by molar-refractivity contribution is 6.31. The van der Waals surface area contributed by atoms with Gasteiger partial charge in [-0.3, -0.25) is 4.99 Å². The molecule has 0 unspecified atom stereocenters. The highest BCUT2D eigenvalue weighted by Gasteiger charge is 2.08. The number of aliphatic imine (C=N–C) groups is 1. The molecule has 0 bridgehead atoms. The number of nitrogens with zero attached hydrogens (tertiary/aromatic N) is 1. The zero-order valence-electron chi connectivity index (χ0n) is 11.7. The molecule has 0 spiro atoms. The lowest BCUT2D eigenvalue weighted by Crippen LogP contribution is -1.90. The molecule has 0 atom stereocenters. The number of aromatic hydroxyl groups is 1. The molecule has 3 aromatic rings. The minimum atomic E-state index is 0.101. The minimum Gasteiger partial charge on any atom is -0.494 e. The van der Waals surface area contributed by atoms with Crippen molar-refractivity contribution >= 4 is 40.3 Å². The van der Waals surface area contributed by atoms with E-state index in [0.29, 0.717) is 17.1 Å². The van der Waals surface area contributed by atoms with Gasteiger partial charge in [0.05, 0.1) is 11.1 Å². The molecular weight excluding hydrogens is 319 g/mol. The van der Waals surface area contributed by atoms with Crippen LogP contribution in [0.2, 0.25) is 10.0 Å². The maximum absolute atomic E-state index is 9.97. The number of rotatable bonds is 4. The van der Waals surface area contributed by atoms with Crippen molar-refractivity contribution in [3.8, 4) is 5.88 Å². The van der Waals surface area contributed by atoms with E-state index in [1.807, 2.05) is 30.3 Å². The number of nitrogens with one attached hydrogen (secondary N) is 1. The fraction of sp³-hybridized carbons (Fsp3) is 0.118. The molecule has 1 heterocycles. The first-order valence-corrected chi connectivity index (χ1v) is 7.63. The number of H-pyrrole nitrogens is 1. The molecule has 0 saturated heterocycles. The molecule has 5 heteroatoms. The first-order valence-electron chi connectivity index (χ1n) is 6.88. The molecule has 3 rings (SSSR count). The average Bonchev–Trinajstić information content (AvgIpc) is 2.78. The fourth-order valence-corrected chi connectivity index (χ4v) is 2.73. The molecule has 0 aliphatic carbocycles. The van der Waals surface area contributed by atoms with Crippen LogP contribution < -0.4 is 0 Å². The lowest BCUT2D eigenvalue weighted by molar-refractivity contribution is 0.457. The van der Waals surface area contributed by atoms with Gasteiger partial charge in [-0.05, 0) is 36.2 Å². The Bertz CT molecular complexity index is 840. The lowest BCUT2D eigenvalue weighted by Gasteiger charge is -1.98. The number of benzene rings is 2. The van der Waals surface area contributed by atoms with Gasteiger partial charge in [0.25, 0.3) is 0 Å². The molecule has 0 radical (unpaired) electrons. The van der Waals surface area contributed by atoms with Gasteiger partial charge in [0.15, 0.2) is 5.88 Å². The third kappa shape index (κ3) is 3.26. The van der Waals surface area contributed by atoms with Crippen LogP contribution in [0.15, 0.2) is 47.5 Å². The van der Waals surface area contributed by atoms with E-state index in [1.165, 1.54) is 0 Å². The van der Waals surface area contributed by atoms with Crippen LogP contribution >= 0.6 is 23.2 Å². The Morgan fingerprint density at radius 2 is 1.91 bits per heavy atom. The summed E-state index contributed by atoms with van der Waals surface area (Å²) in [4.78, 5) is 7.29. The summed E-state index contributed by atoms with van der Waals surface area (Å²) in [6.45, 7) is 0.625. The van der Waals surface area contributed by atoms with Crippen molar-refractivity contribution in [3.63, 3.8) is 0 Å². The van der Waals surface area contributed by atoms with E-state index in [2.05, 4.69) is 9.98 Å². The zero-order chi connectivity index (χ0) is 15.5. The monoisotopic (exact) mass is 332 g/mol. The minimum absolute atomic E-state index is 0.101. The summed E-state index contributed by atoms with van der Waals surface area (Å²) in [7, 11) is 0. The lowest BCUT2D eigenvalue weighted by atomic mass is 10.1. The smallest absolute Gasteiger partial charge is 0.198 e. The Morgan fingerprint density at radius 1 is 1.09 bits per heavy atom. The van der Waals surface area contributed by atoms with Gasteiger partial charge in [-0.15, -0.1) is 0 Å². The van der Waals surface area contributed by atoms with E-state index in [-0.39, 0.29) is 5.88 Å². The van der Waals surface area contributed by atoms with Gasteiger partial charge in [-0.1, -0.05) is 41.4 Å². The van der Waals surface area contributed by atoms with E-state index in [9.17, 15) is 5.11 Å².